The van der Waals surface area contributed by atoms with Gasteiger partial charge in [0.15, 0.2) is 0 Å². The van der Waals surface area contributed by atoms with Gasteiger partial charge in [-0.15, -0.1) is 0 Å². The fraction of sp³-hybridized carbons (Fsp3) is 1.00. The quantitative estimate of drug-likeness (QED) is 0.586. The van der Waals surface area contributed by atoms with Crippen molar-refractivity contribution in [1.82, 2.24) is 0 Å². The van der Waals surface area contributed by atoms with Crippen LogP contribution in [0, 0.1) is 5.92 Å². The van der Waals surface area contributed by atoms with Crippen molar-refractivity contribution >= 4 is 0 Å². The topological polar surface area (TPSA) is 29.5 Å². The molecule has 1 saturated heterocycles. The van der Waals surface area contributed by atoms with Gasteiger partial charge >= 0.3 is 6.18 Å². The molecule has 0 aromatic heterocycles. The van der Waals surface area contributed by atoms with Crippen LogP contribution in [0.5, 0.6) is 0 Å². The Morgan fingerprint density at radius 1 is 1.36 bits per heavy atom. The molecule has 66 valence electrons. The van der Waals surface area contributed by atoms with Gasteiger partial charge < -0.3 is 9.84 Å². The highest BCUT2D eigenvalue weighted by Crippen LogP contribution is 2.32. The largest absolute Gasteiger partial charge is 0.396 e. The minimum absolute atomic E-state index is 0.0736. The summed E-state index contributed by atoms with van der Waals surface area (Å²) in [5.74, 6) is -1.70. The smallest absolute Gasteiger partial charge is 0.392 e. The maximum Gasteiger partial charge on any atom is 0.396 e. The number of ether oxygens (including phenoxy) is 1. The lowest BCUT2D eigenvalue weighted by Gasteiger charge is -2.29. The van der Waals surface area contributed by atoms with Gasteiger partial charge in [-0.1, -0.05) is 0 Å². The van der Waals surface area contributed by atoms with Crippen LogP contribution in [0.25, 0.3) is 0 Å². The standard InChI is InChI=1S/C6H9F3O2/c7-6(8,9)4-3-11-2-1-5(4)10/h4-5,10H,1-3H2. The van der Waals surface area contributed by atoms with Crippen molar-refractivity contribution in [2.45, 2.75) is 18.7 Å². The number of hydrogen-bond acceptors (Lipinski definition) is 2. The lowest BCUT2D eigenvalue weighted by molar-refractivity contribution is -0.227. The molecule has 0 amide bonds. The van der Waals surface area contributed by atoms with Gasteiger partial charge in [0.05, 0.1) is 12.7 Å². The van der Waals surface area contributed by atoms with Gasteiger partial charge in [-0.25, -0.2) is 0 Å². The molecule has 1 aliphatic heterocycles. The van der Waals surface area contributed by atoms with Gasteiger partial charge in [-0.3, -0.25) is 0 Å². The fourth-order valence-corrected chi connectivity index (χ4v) is 1.04. The van der Waals surface area contributed by atoms with Crippen molar-refractivity contribution in [1.29, 1.82) is 0 Å². The van der Waals surface area contributed by atoms with Crippen molar-refractivity contribution in [3.63, 3.8) is 0 Å². The number of alkyl halides is 3. The summed E-state index contributed by atoms with van der Waals surface area (Å²) in [7, 11) is 0. The van der Waals surface area contributed by atoms with Crippen LogP contribution in [0.4, 0.5) is 13.2 Å². The van der Waals surface area contributed by atoms with E-state index in [4.69, 9.17) is 5.11 Å². The van der Waals surface area contributed by atoms with Gasteiger partial charge in [-0.2, -0.15) is 13.2 Å². The van der Waals surface area contributed by atoms with E-state index in [9.17, 15) is 13.2 Å². The van der Waals surface area contributed by atoms with E-state index in [1.54, 1.807) is 0 Å². The van der Waals surface area contributed by atoms with Gasteiger partial charge in [0.1, 0.15) is 5.92 Å². The van der Waals surface area contributed by atoms with E-state index in [0.29, 0.717) is 0 Å². The molecular weight excluding hydrogens is 161 g/mol. The molecule has 2 atom stereocenters. The number of halogens is 3. The summed E-state index contributed by atoms with van der Waals surface area (Å²) in [5.41, 5.74) is 0. The second-order valence-corrected chi connectivity index (χ2v) is 2.58. The minimum atomic E-state index is -4.33. The Morgan fingerprint density at radius 3 is 2.36 bits per heavy atom. The second-order valence-electron chi connectivity index (χ2n) is 2.58. The molecule has 0 aliphatic carbocycles. The summed E-state index contributed by atoms with van der Waals surface area (Å²) in [5, 5.41) is 8.90. The first-order chi connectivity index (χ1) is 5.02. The Hall–Kier alpha value is -0.290. The summed E-state index contributed by atoms with van der Waals surface area (Å²) < 4.78 is 40.5. The Morgan fingerprint density at radius 2 is 2.00 bits per heavy atom. The molecule has 1 fully saturated rings. The minimum Gasteiger partial charge on any atom is -0.392 e. The molecule has 0 aromatic carbocycles. The SMILES string of the molecule is OC1CCOCC1C(F)(F)F. The Labute approximate surface area is 62.0 Å². The normalized spacial score (nSPS) is 33.8. The van der Waals surface area contributed by atoms with Crippen LogP contribution in [-0.4, -0.2) is 30.6 Å². The summed E-state index contributed by atoms with van der Waals surface area (Å²) in [6.45, 7) is -0.196. The van der Waals surface area contributed by atoms with E-state index in [2.05, 4.69) is 4.74 Å². The van der Waals surface area contributed by atoms with E-state index in [-0.39, 0.29) is 13.0 Å². The van der Waals surface area contributed by atoms with Crippen LogP contribution in [0.3, 0.4) is 0 Å². The van der Waals surface area contributed by atoms with Crippen LogP contribution in [0.1, 0.15) is 6.42 Å². The Balaban J connectivity index is 2.55. The zero-order chi connectivity index (χ0) is 8.48. The lowest BCUT2D eigenvalue weighted by atomic mass is 9.98. The first kappa shape index (κ1) is 8.80. The molecule has 0 saturated carbocycles. The Kier molecular flexibility index (Phi) is 2.39. The summed E-state index contributed by atoms with van der Waals surface area (Å²) in [6.07, 6.45) is -5.55. The number of aliphatic hydroxyl groups is 1. The van der Waals surface area contributed by atoms with Gasteiger partial charge in [0.2, 0.25) is 0 Å². The van der Waals surface area contributed by atoms with E-state index >= 15 is 0 Å². The van der Waals surface area contributed by atoms with Crippen molar-refractivity contribution in [3.05, 3.63) is 0 Å². The van der Waals surface area contributed by atoms with Crippen molar-refractivity contribution in [3.8, 4) is 0 Å². The highest BCUT2D eigenvalue weighted by atomic mass is 19.4. The third-order valence-corrected chi connectivity index (χ3v) is 1.74. The first-order valence-corrected chi connectivity index (χ1v) is 3.34. The second kappa shape index (κ2) is 2.98. The van der Waals surface area contributed by atoms with Crippen molar-refractivity contribution in [2.75, 3.05) is 13.2 Å². The number of hydrogen-bond donors (Lipinski definition) is 1. The highest BCUT2D eigenvalue weighted by molar-refractivity contribution is 4.78. The molecule has 1 heterocycles. The van der Waals surface area contributed by atoms with Crippen LogP contribution < -0.4 is 0 Å². The van der Waals surface area contributed by atoms with E-state index < -0.39 is 24.8 Å². The van der Waals surface area contributed by atoms with Gasteiger partial charge in [0, 0.05) is 6.61 Å². The van der Waals surface area contributed by atoms with E-state index in [1.807, 2.05) is 0 Å². The van der Waals surface area contributed by atoms with Gasteiger partial charge in [-0.05, 0) is 6.42 Å². The maximum absolute atomic E-state index is 12.0. The molecule has 0 aromatic rings. The average Bonchev–Trinajstić information content (AvgIpc) is 1.86. The summed E-state index contributed by atoms with van der Waals surface area (Å²) in [6, 6.07) is 0. The maximum atomic E-state index is 12.0. The Bertz CT molecular complexity index is 134. The molecule has 5 heteroatoms. The molecular formula is C6H9F3O2. The van der Waals surface area contributed by atoms with E-state index in [0.717, 1.165) is 0 Å². The predicted octanol–water partition coefficient (Wildman–Crippen LogP) is 0.946. The molecule has 0 spiro atoms. The number of aliphatic hydroxyl groups excluding tert-OH is 1. The van der Waals surface area contributed by atoms with Crippen LogP contribution in [0.2, 0.25) is 0 Å². The third kappa shape index (κ3) is 2.07. The molecule has 0 radical (unpaired) electrons. The molecule has 0 bridgehead atoms. The summed E-state index contributed by atoms with van der Waals surface area (Å²) in [4.78, 5) is 0. The van der Waals surface area contributed by atoms with Gasteiger partial charge in [0.25, 0.3) is 0 Å². The third-order valence-electron chi connectivity index (χ3n) is 1.74. The molecule has 2 nitrogen and oxygen atoms in total. The molecule has 1 N–H and O–H groups in total. The predicted molar refractivity (Wildman–Crippen MR) is 31.0 cm³/mol. The molecule has 1 aliphatic rings. The first-order valence-electron chi connectivity index (χ1n) is 3.34. The fourth-order valence-electron chi connectivity index (χ4n) is 1.04. The van der Waals surface area contributed by atoms with Crippen LogP contribution in [0.15, 0.2) is 0 Å². The van der Waals surface area contributed by atoms with Crippen molar-refractivity contribution < 1.29 is 23.0 Å². The lowest BCUT2D eigenvalue weighted by Crippen LogP contribution is -2.41. The molecule has 1 rings (SSSR count). The number of rotatable bonds is 0. The zero-order valence-electron chi connectivity index (χ0n) is 5.77. The molecule has 2 unspecified atom stereocenters. The van der Waals surface area contributed by atoms with Crippen LogP contribution >= 0.6 is 0 Å². The van der Waals surface area contributed by atoms with Crippen molar-refractivity contribution in [2.24, 2.45) is 5.92 Å². The van der Waals surface area contributed by atoms with E-state index in [1.165, 1.54) is 0 Å². The monoisotopic (exact) mass is 170 g/mol. The van der Waals surface area contributed by atoms with Crippen LogP contribution in [-0.2, 0) is 4.74 Å². The highest BCUT2D eigenvalue weighted by Gasteiger charge is 2.45. The zero-order valence-corrected chi connectivity index (χ0v) is 5.77. The molecule has 11 heavy (non-hydrogen) atoms. The average molecular weight is 170 g/mol. The summed E-state index contributed by atoms with van der Waals surface area (Å²) >= 11 is 0.